The van der Waals surface area contributed by atoms with Crippen molar-refractivity contribution in [3.63, 3.8) is 0 Å². The number of rotatable bonds is 9. The maximum absolute atomic E-state index is 12.9. The van der Waals surface area contributed by atoms with E-state index >= 15 is 0 Å². The highest BCUT2D eigenvalue weighted by Gasteiger charge is 2.49. The Bertz CT molecular complexity index is 747. The van der Waals surface area contributed by atoms with Crippen LogP contribution in [0.25, 0.3) is 0 Å². The third-order valence-corrected chi connectivity index (χ3v) is 7.19. The highest BCUT2D eigenvalue weighted by molar-refractivity contribution is 5.81. The Morgan fingerprint density at radius 3 is 2.53 bits per heavy atom. The van der Waals surface area contributed by atoms with Gasteiger partial charge in [0, 0.05) is 24.4 Å². The number of hydrogen-bond acceptors (Lipinski definition) is 5. The predicted octanol–water partition coefficient (Wildman–Crippen LogP) is 3.20. The monoisotopic (exact) mass is 419 g/mol. The van der Waals surface area contributed by atoms with Crippen LogP contribution in [-0.4, -0.2) is 60.0 Å². The zero-order valence-electron chi connectivity index (χ0n) is 18.9. The summed E-state index contributed by atoms with van der Waals surface area (Å²) in [7, 11) is 1.63. The van der Waals surface area contributed by atoms with Crippen LogP contribution in [0.4, 0.5) is 0 Å². The lowest BCUT2D eigenvalue weighted by Gasteiger charge is -2.34. The second-order valence-electron chi connectivity index (χ2n) is 9.45. The molecule has 5 atom stereocenters. The number of likely N-dealkylation sites (tertiary alicyclic amines) is 1. The summed E-state index contributed by atoms with van der Waals surface area (Å²) in [6.45, 7) is 9.20. The molecule has 6 nitrogen and oxygen atoms in total. The number of aliphatic hydroxyl groups excluding tert-OH is 2. The average molecular weight is 420 g/mol. The van der Waals surface area contributed by atoms with E-state index in [4.69, 9.17) is 9.47 Å². The van der Waals surface area contributed by atoms with Crippen LogP contribution in [0, 0.1) is 17.3 Å². The summed E-state index contributed by atoms with van der Waals surface area (Å²) < 4.78 is 11.5. The van der Waals surface area contributed by atoms with E-state index in [1.54, 1.807) is 18.9 Å². The van der Waals surface area contributed by atoms with Gasteiger partial charge in [0.2, 0.25) is 0 Å². The zero-order valence-corrected chi connectivity index (χ0v) is 18.9. The fourth-order valence-corrected chi connectivity index (χ4v) is 4.26. The van der Waals surface area contributed by atoms with Crippen molar-refractivity contribution >= 4 is 5.91 Å². The van der Waals surface area contributed by atoms with Gasteiger partial charge < -0.3 is 24.6 Å². The molecular formula is C24H37NO5. The summed E-state index contributed by atoms with van der Waals surface area (Å²) in [5.41, 5.74) is 0.492. The molecule has 2 aliphatic rings. The van der Waals surface area contributed by atoms with Crippen molar-refractivity contribution in [3.8, 4) is 11.5 Å². The minimum absolute atomic E-state index is 0.0697. The molecule has 1 aromatic rings. The lowest BCUT2D eigenvalue weighted by molar-refractivity contribution is -0.142. The number of nitrogens with zero attached hydrogens (tertiary/aromatic N) is 1. The summed E-state index contributed by atoms with van der Waals surface area (Å²) in [6, 6.07) is 5.89. The molecule has 168 valence electrons. The van der Waals surface area contributed by atoms with E-state index < -0.39 is 17.6 Å². The molecule has 0 bridgehead atoms. The van der Waals surface area contributed by atoms with Gasteiger partial charge in [-0.15, -0.1) is 0 Å². The Morgan fingerprint density at radius 1 is 1.27 bits per heavy atom. The largest absolute Gasteiger partial charge is 0.493 e. The van der Waals surface area contributed by atoms with Crippen LogP contribution in [0.2, 0.25) is 0 Å². The maximum Gasteiger partial charge on any atom is 0.251 e. The summed E-state index contributed by atoms with van der Waals surface area (Å²) in [5.74, 6) is 1.60. The van der Waals surface area contributed by atoms with Gasteiger partial charge in [0.1, 0.15) is 6.10 Å². The van der Waals surface area contributed by atoms with E-state index in [9.17, 15) is 15.0 Å². The Kier molecular flexibility index (Phi) is 6.98. The second kappa shape index (κ2) is 9.15. The minimum atomic E-state index is -1.01. The summed E-state index contributed by atoms with van der Waals surface area (Å²) in [5, 5.41) is 21.1. The summed E-state index contributed by atoms with van der Waals surface area (Å²) >= 11 is 0. The Morgan fingerprint density at radius 2 is 1.97 bits per heavy atom. The number of amides is 1. The predicted molar refractivity (Wildman–Crippen MR) is 116 cm³/mol. The van der Waals surface area contributed by atoms with Crippen LogP contribution in [0.1, 0.15) is 58.4 Å². The van der Waals surface area contributed by atoms with Crippen molar-refractivity contribution in [1.82, 2.24) is 4.90 Å². The molecule has 1 unspecified atom stereocenters. The third-order valence-electron chi connectivity index (χ3n) is 7.19. The first-order valence-corrected chi connectivity index (χ1v) is 11.2. The lowest BCUT2D eigenvalue weighted by atomic mass is 9.72. The van der Waals surface area contributed by atoms with Crippen LogP contribution < -0.4 is 9.47 Å². The quantitative estimate of drug-likeness (QED) is 0.643. The molecule has 6 heteroatoms. The maximum atomic E-state index is 12.9. The van der Waals surface area contributed by atoms with E-state index in [1.165, 1.54) is 12.8 Å². The molecule has 1 saturated carbocycles. The fourth-order valence-electron chi connectivity index (χ4n) is 4.26. The molecular weight excluding hydrogens is 382 g/mol. The number of benzene rings is 1. The molecule has 30 heavy (non-hydrogen) atoms. The van der Waals surface area contributed by atoms with Crippen molar-refractivity contribution in [1.29, 1.82) is 0 Å². The molecule has 0 spiro atoms. The fraction of sp³-hybridized carbons (Fsp3) is 0.708. The molecule has 1 heterocycles. The van der Waals surface area contributed by atoms with Gasteiger partial charge in [-0.25, -0.2) is 0 Å². The molecule has 2 fully saturated rings. The molecule has 2 N–H and O–H groups in total. The van der Waals surface area contributed by atoms with E-state index in [2.05, 4.69) is 0 Å². The Labute approximate surface area is 180 Å². The first-order valence-electron chi connectivity index (χ1n) is 11.2. The van der Waals surface area contributed by atoms with Gasteiger partial charge in [-0.3, -0.25) is 4.79 Å². The summed E-state index contributed by atoms with van der Waals surface area (Å²) in [6.07, 6.45) is 1.53. The second-order valence-corrected chi connectivity index (χ2v) is 9.45. The van der Waals surface area contributed by atoms with Gasteiger partial charge in [-0.2, -0.15) is 0 Å². The minimum Gasteiger partial charge on any atom is -0.493 e. The molecule has 1 amide bonds. The first-order chi connectivity index (χ1) is 14.2. The summed E-state index contributed by atoms with van der Waals surface area (Å²) in [4.78, 5) is 14.6. The van der Waals surface area contributed by atoms with Crippen LogP contribution in [0.15, 0.2) is 18.2 Å². The van der Waals surface area contributed by atoms with Crippen LogP contribution in [0.3, 0.4) is 0 Å². The Hall–Kier alpha value is -1.79. The van der Waals surface area contributed by atoms with E-state index in [0.717, 1.165) is 12.0 Å². The number of aliphatic hydroxyl groups is 2. The number of carbonyl (C=O) groups is 1. The zero-order chi connectivity index (χ0) is 22.1. The van der Waals surface area contributed by atoms with Crippen molar-refractivity contribution in [2.75, 3.05) is 26.8 Å². The average Bonchev–Trinajstić information content (AvgIpc) is 3.50. The molecule has 1 aliphatic carbocycles. The standard InChI is InChI=1S/C24H37NO5/c1-6-15(2)22(27)23(28)25-12-19(24(4,14-25)16(3)26)18-9-10-20(29-5)21(11-18)30-13-17-7-8-17/h9-11,15-17,19,22,26-27H,6-8,12-14H2,1-5H3/t15?,16-,19+,22+,24+/m1/s1. The number of methoxy groups -OCH3 is 1. The van der Waals surface area contributed by atoms with Crippen molar-refractivity contribution < 1.29 is 24.5 Å². The third kappa shape index (κ3) is 4.59. The lowest BCUT2D eigenvalue weighted by Crippen LogP contribution is -2.43. The van der Waals surface area contributed by atoms with Gasteiger partial charge in [0.25, 0.3) is 5.91 Å². The van der Waals surface area contributed by atoms with Crippen LogP contribution in [0.5, 0.6) is 11.5 Å². The van der Waals surface area contributed by atoms with Gasteiger partial charge in [0.15, 0.2) is 11.5 Å². The molecule has 1 aliphatic heterocycles. The molecule has 0 aromatic heterocycles. The van der Waals surface area contributed by atoms with Gasteiger partial charge >= 0.3 is 0 Å². The number of carbonyl (C=O) groups excluding carboxylic acids is 1. The van der Waals surface area contributed by atoms with Gasteiger partial charge in [-0.05, 0) is 49.3 Å². The van der Waals surface area contributed by atoms with Crippen molar-refractivity contribution in [2.45, 2.75) is 65.1 Å². The number of ether oxygens (including phenoxy) is 2. The highest BCUT2D eigenvalue weighted by atomic mass is 16.5. The van der Waals surface area contributed by atoms with E-state index in [1.807, 2.05) is 39.0 Å². The molecule has 0 radical (unpaired) electrons. The van der Waals surface area contributed by atoms with E-state index in [0.29, 0.717) is 37.1 Å². The van der Waals surface area contributed by atoms with Crippen LogP contribution in [-0.2, 0) is 4.79 Å². The normalized spacial score (nSPS) is 26.9. The molecule has 3 rings (SSSR count). The molecule has 1 aromatic carbocycles. The smallest absolute Gasteiger partial charge is 0.251 e. The molecule has 1 saturated heterocycles. The SMILES string of the molecule is CCC(C)[C@H](O)C(=O)N1C[C@@H](c2ccc(OC)c(OCC3CC3)c2)[C@](C)([C@@H](C)O)C1. The highest BCUT2D eigenvalue weighted by Crippen LogP contribution is 2.47. The van der Waals surface area contributed by atoms with Crippen molar-refractivity contribution in [3.05, 3.63) is 23.8 Å². The van der Waals surface area contributed by atoms with Crippen LogP contribution >= 0.6 is 0 Å². The Balaban J connectivity index is 1.86. The topological polar surface area (TPSA) is 79.2 Å². The van der Waals surface area contributed by atoms with E-state index in [-0.39, 0.29) is 17.7 Å². The number of hydrogen-bond donors (Lipinski definition) is 2. The van der Waals surface area contributed by atoms with Gasteiger partial charge in [-0.1, -0.05) is 33.3 Å². The first kappa shape index (κ1) is 22.9. The van der Waals surface area contributed by atoms with Gasteiger partial charge in [0.05, 0.1) is 19.8 Å². The van der Waals surface area contributed by atoms with Crippen molar-refractivity contribution in [2.24, 2.45) is 17.3 Å².